The van der Waals surface area contributed by atoms with Crippen LogP contribution in [0.15, 0.2) is 24.3 Å². The second-order valence-electron chi connectivity index (χ2n) is 8.51. The first-order chi connectivity index (χ1) is 14.5. The molecule has 0 unspecified atom stereocenters. The van der Waals surface area contributed by atoms with Gasteiger partial charge in [-0.25, -0.2) is 0 Å². The van der Waals surface area contributed by atoms with Gasteiger partial charge >= 0.3 is 5.97 Å². The molecule has 1 aliphatic heterocycles. The molecule has 2 rings (SSSR count). The number of amides is 1. The molecule has 0 radical (unpaired) electrons. The third-order valence-electron chi connectivity index (χ3n) is 6.25. The Labute approximate surface area is 181 Å². The third-order valence-corrected chi connectivity index (χ3v) is 6.25. The highest BCUT2D eigenvalue weighted by atomic mass is 16.5. The average molecular weight is 422 g/mol. The number of hydrogen-bond donors (Lipinski definition) is 2. The summed E-state index contributed by atoms with van der Waals surface area (Å²) >= 11 is 0. The molecule has 1 saturated carbocycles. The zero-order valence-electron chi connectivity index (χ0n) is 18.6. The Balaban J connectivity index is 1.68. The van der Waals surface area contributed by atoms with E-state index in [-0.39, 0.29) is 18.6 Å². The predicted molar refractivity (Wildman–Crippen MR) is 117 cm³/mol. The van der Waals surface area contributed by atoms with Crippen molar-refractivity contribution in [2.75, 3.05) is 20.3 Å². The summed E-state index contributed by atoms with van der Waals surface area (Å²) in [6.45, 7) is 2.96. The van der Waals surface area contributed by atoms with Crippen LogP contribution in [0.2, 0.25) is 0 Å². The number of rotatable bonds is 14. The molecule has 2 fully saturated rings. The molecule has 170 valence electrons. The number of unbranched alkanes of at least 4 members (excludes halogenated alkanes) is 3. The SMILES string of the molecule is CCCCC[C@H](O)/C=C/[C@@H]1[C@H](C/C=C\CCCC(=O)NCC(=O)OC)[C@@H]2CO[C@@H]1C2. The number of aliphatic hydroxyl groups excluding tert-OH is 1. The number of esters is 1. The van der Waals surface area contributed by atoms with Crippen molar-refractivity contribution in [1.29, 1.82) is 0 Å². The Bertz CT molecular complexity index is 588. The van der Waals surface area contributed by atoms with E-state index >= 15 is 0 Å². The highest BCUT2D eigenvalue weighted by molar-refractivity contribution is 5.81. The number of ether oxygens (including phenoxy) is 2. The van der Waals surface area contributed by atoms with Crippen LogP contribution in [0.3, 0.4) is 0 Å². The van der Waals surface area contributed by atoms with Crippen molar-refractivity contribution in [3.8, 4) is 0 Å². The second-order valence-corrected chi connectivity index (χ2v) is 8.51. The van der Waals surface area contributed by atoms with Crippen molar-refractivity contribution in [2.24, 2.45) is 17.8 Å². The number of hydrogen-bond acceptors (Lipinski definition) is 5. The number of carbonyl (C=O) groups excluding carboxylic acids is 2. The first kappa shape index (κ1) is 24.6. The van der Waals surface area contributed by atoms with Gasteiger partial charge in [-0.1, -0.05) is 50.5 Å². The summed E-state index contributed by atoms with van der Waals surface area (Å²) in [6.07, 6.45) is 16.9. The van der Waals surface area contributed by atoms with Gasteiger partial charge in [-0.3, -0.25) is 9.59 Å². The molecule has 5 atom stereocenters. The van der Waals surface area contributed by atoms with Gasteiger partial charge in [0.15, 0.2) is 0 Å². The van der Waals surface area contributed by atoms with Gasteiger partial charge in [0.1, 0.15) is 6.54 Å². The van der Waals surface area contributed by atoms with Crippen molar-refractivity contribution in [3.63, 3.8) is 0 Å². The Hall–Kier alpha value is -1.66. The summed E-state index contributed by atoms with van der Waals surface area (Å²) in [6, 6.07) is 0. The van der Waals surface area contributed by atoms with Crippen LogP contribution >= 0.6 is 0 Å². The molecule has 0 aromatic heterocycles. The normalized spacial score (nSPS) is 26.5. The maximum Gasteiger partial charge on any atom is 0.325 e. The monoisotopic (exact) mass is 421 g/mol. The molecule has 1 heterocycles. The minimum absolute atomic E-state index is 0.0698. The number of aliphatic hydroxyl groups is 1. The molecule has 6 heteroatoms. The standard InChI is InChI=1S/C24H39NO5/c1-3-4-7-10-19(26)13-14-21-20(18-15-22(21)30-17-18)11-8-5-6-9-12-23(27)25-16-24(28)29-2/h5,8,13-14,18-22,26H,3-4,6-7,9-12,15-17H2,1-2H3,(H,25,27)/b8-5-,14-13+/t18-,19-,20+,21+,22+/m0/s1. The van der Waals surface area contributed by atoms with E-state index in [0.29, 0.717) is 30.3 Å². The fraction of sp³-hybridized carbons (Fsp3) is 0.750. The summed E-state index contributed by atoms with van der Waals surface area (Å²) in [5, 5.41) is 12.7. The van der Waals surface area contributed by atoms with E-state index in [0.717, 1.165) is 45.1 Å². The molecule has 0 aromatic carbocycles. The van der Waals surface area contributed by atoms with E-state index < -0.39 is 5.97 Å². The van der Waals surface area contributed by atoms with Crippen molar-refractivity contribution in [2.45, 2.75) is 76.9 Å². The lowest BCUT2D eigenvalue weighted by Gasteiger charge is -2.28. The largest absolute Gasteiger partial charge is 0.468 e. The van der Waals surface area contributed by atoms with Crippen molar-refractivity contribution in [1.82, 2.24) is 5.32 Å². The summed E-state index contributed by atoms with van der Waals surface area (Å²) in [4.78, 5) is 22.7. The molecule has 1 amide bonds. The number of allylic oxidation sites excluding steroid dienone is 2. The van der Waals surface area contributed by atoms with E-state index in [1.807, 2.05) is 6.08 Å². The molecule has 1 aliphatic carbocycles. The molecule has 0 aromatic rings. The summed E-state index contributed by atoms with van der Waals surface area (Å²) in [5.74, 6) is 1.01. The average Bonchev–Trinajstić information content (AvgIpc) is 3.35. The van der Waals surface area contributed by atoms with Crippen molar-refractivity contribution >= 4 is 11.9 Å². The highest BCUT2D eigenvalue weighted by Gasteiger charge is 2.46. The molecule has 2 aliphatic rings. The minimum Gasteiger partial charge on any atom is -0.468 e. The van der Waals surface area contributed by atoms with E-state index in [9.17, 15) is 14.7 Å². The first-order valence-electron chi connectivity index (χ1n) is 11.5. The van der Waals surface area contributed by atoms with Crippen LogP contribution in [0.1, 0.15) is 64.7 Å². The molecule has 6 nitrogen and oxygen atoms in total. The maximum absolute atomic E-state index is 11.7. The van der Waals surface area contributed by atoms with Crippen LogP contribution in [-0.2, 0) is 19.1 Å². The number of fused-ring (bicyclic) bond motifs is 2. The van der Waals surface area contributed by atoms with Crippen LogP contribution in [0.25, 0.3) is 0 Å². The van der Waals surface area contributed by atoms with Crippen LogP contribution in [0, 0.1) is 17.8 Å². The minimum atomic E-state index is -0.435. The van der Waals surface area contributed by atoms with Gasteiger partial charge in [-0.15, -0.1) is 0 Å². The maximum atomic E-state index is 11.7. The van der Waals surface area contributed by atoms with Gasteiger partial charge in [0.2, 0.25) is 5.91 Å². The van der Waals surface area contributed by atoms with Crippen molar-refractivity contribution in [3.05, 3.63) is 24.3 Å². The fourth-order valence-electron chi connectivity index (χ4n) is 4.49. The van der Waals surface area contributed by atoms with Gasteiger partial charge in [-0.2, -0.15) is 0 Å². The molecular weight excluding hydrogens is 382 g/mol. The lowest BCUT2D eigenvalue weighted by atomic mass is 9.84. The predicted octanol–water partition coefficient (Wildman–Crippen LogP) is 3.54. The zero-order valence-corrected chi connectivity index (χ0v) is 18.6. The molecule has 2 N–H and O–H groups in total. The first-order valence-corrected chi connectivity index (χ1v) is 11.5. The summed E-state index contributed by atoms with van der Waals surface area (Å²) in [5.41, 5.74) is 0. The number of carbonyl (C=O) groups is 2. The Morgan fingerprint density at radius 3 is 2.87 bits per heavy atom. The third kappa shape index (κ3) is 8.23. The van der Waals surface area contributed by atoms with E-state index in [4.69, 9.17) is 4.74 Å². The zero-order chi connectivity index (χ0) is 21.8. The number of nitrogens with one attached hydrogen (secondary N) is 1. The van der Waals surface area contributed by atoms with E-state index in [2.05, 4.69) is 35.2 Å². The van der Waals surface area contributed by atoms with Gasteiger partial charge in [-0.05, 0) is 43.9 Å². The Kier molecular flexibility index (Phi) is 11.2. The van der Waals surface area contributed by atoms with Crippen LogP contribution < -0.4 is 5.32 Å². The quantitative estimate of drug-likeness (QED) is 0.255. The van der Waals surface area contributed by atoms with Crippen LogP contribution in [0.5, 0.6) is 0 Å². The van der Waals surface area contributed by atoms with Crippen molar-refractivity contribution < 1.29 is 24.2 Å². The second kappa shape index (κ2) is 13.6. The molecule has 1 saturated heterocycles. The topological polar surface area (TPSA) is 84.9 Å². The molecular formula is C24H39NO5. The summed E-state index contributed by atoms with van der Waals surface area (Å²) < 4.78 is 10.4. The molecule has 30 heavy (non-hydrogen) atoms. The van der Waals surface area contributed by atoms with Gasteiger partial charge in [0.05, 0.1) is 25.9 Å². The van der Waals surface area contributed by atoms with Gasteiger partial charge < -0.3 is 19.9 Å². The lowest BCUT2D eigenvalue weighted by Crippen LogP contribution is -2.29. The van der Waals surface area contributed by atoms with E-state index in [1.165, 1.54) is 20.0 Å². The smallest absolute Gasteiger partial charge is 0.325 e. The van der Waals surface area contributed by atoms with Gasteiger partial charge in [0, 0.05) is 12.3 Å². The fourth-order valence-corrected chi connectivity index (χ4v) is 4.49. The lowest BCUT2D eigenvalue weighted by molar-refractivity contribution is -0.141. The molecule has 0 spiro atoms. The van der Waals surface area contributed by atoms with E-state index in [1.54, 1.807) is 0 Å². The highest BCUT2D eigenvalue weighted by Crippen LogP contribution is 2.47. The Morgan fingerprint density at radius 1 is 1.27 bits per heavy atom. The molecule has 2 bridgehead atoms. The summed E-state index contributed by atoms with van der Waals surface area (Å²) in [7, 11) is 1.30. The van der Waals surface area contributed by atoms with Crippen LogP contribution in [-0.4, -0.2) is 49.5 Å². The van der Waals surface area contributed by atoms with Crippen LogP contribution in [0.4, 0.5) is 0 Å². The number of methoxy groups -OCH3 is 1. The Morgan fingerprint density at radius 2 is 2.10 bits per heavy atom. The van der Waals surface area contributed by atoms with Gasteiger partial charge in [0.25, 0.3) is 0 Å².